The number of Topliss-reactive ketones (excluding diaryl/α,β-unsaturated/α-hetero) is 1. The van der Waals surface area contributed by atoms with Gasteiger partial charge in [0, 0.05) is 24.3 Å². The number of amides is 1. The summed E-state index contributed by atoms with van der Waals surface area (Å²) in [5.74, 6) is -2.40. The monoisotopic (exact) mass is 381 g/mol. The molecule has 0 saturated carbocycles. The summed E-state index contributed by atoms with van der Waals surface area (Å²) in [6.07, 6.45) is 1.44. The predicted octanol–water partition coefficient (Wildman–Crippen LogP) is 3.43. The van der Waals surface area contributed by atoms with Gasteiger partial charge in [-0.15, -0.1) is 0 Å². The van der Waals surface area contributed by atoms with Crippen molar-refractivity contribution in [2.24, 2.45) is 0 Å². The molecule has 2 saturated heterocycles. The summed E-state index contributed by atoms with van der Waals surface area (Å²) in [6, 6.07) is 13.5. The fourth-order valence-corrected chi connectivity index (χ4v) is 3.85. The molecular formula is C22H20FNO4. The Labute approximate surface area is 162 Å². The van der Waals surface area contributed by atoms with Gasteiger partial charge in [-0.3, -0.25) is 9.59 Å². The van der Waals surface area contributed by atoms with Crippen LogP contribution >= 0.6 is 0 Å². The third kappa shape index (κ3) is 3.20. The number of benzene rings is 2. The van der Waals surface area contributed by atoms with Crippen molar-refractivity contribution in [1.29, 1.82) is 0 Å². The van der Waals surface area contributed by atoms with Gasteiger partial charge in [-0.2, -0.15) is 0 Å². The zero-order valence-electron chi connectivity index (χ0n) is 15.2. The van der Waals surface area contributed by atoms with Crippen molar-refractivity contribution in [3.63, 3.8) is 0 Å². The van der Waals surface area contributed by atoms with Gasteiger partial charge in [0.05, 0.1) is 17.7 Å². The lowest BCUT2D eigenvalue weighted by molar-refractivity contribution is -0.140. The molecule has 2 aliphatic heterocycles. The van der Waals surface area contributed by atoms with Crippen LogP contribution in [0, 0.1) is 5.82 Å². The number of ether oxygens (including phenoxy) is 1. The molecule has 2 unspecified atom stereocenters. The molecule has 2 aromatic carbocycles. The second-order valence-electron chi connectivity index (χ2n) is 6.97. The molecule has 28 heavy (non-hydrogen) atoms. The molecule has 2 atom stereocenters. The summed E-state index contributed by atoms with van der Waals surface area (Å²) < 4.78 is 20.3. The first kappa shape index (κ1) is 18.4. The number of carbonyl (C=O) groups is 2. The molecule has 0 spiro atoms. The summed E-state index contributed by atoms with van der Waals surface area (Å²) in [4.78, 5) is 26.9. The number of aliphatic hydroxyl groups excluding tert-OH is 1. The zero-order chi connectivity index (χ0) is 19.7. The number of nitrogens with zero attached hydrogens (tertiary/aromatic N) is 1. The minimum Gasteiger partial charge on any atom is -0.507 e. The topological polar surface area (TPSA) is 66.8 Å². The molecule has 1 amide bonds. The Hall–Kier alpha value is -2.99. The van der Waals surface area contributed by atoms with Crippen molar-refractivity contribution >= 4 is 17.4 Å². The summed E-state index contributed by atoms with van der Waals surface area (Å²) in [6.45, 7) is 0.776. The van der Waals surface area contributed by atoms with Crippen LogP contribution in [0.25, 0.3) is 5.76 Å². The van der Waals surface area contributed by atoms with Gasteiger partial charge in [0.1, 0.15) is 11.6 Å². The van der Waals surface area contributed by atoms with Gasteiger partial charge in [0.2, 0.25) is 0 Å². The number of hydrogen-bond acceptors (Lipinski definition) is 4. The van der Waals surface area contributed by atoms with Crippen molar-refractivity contribution in [2.45, 2.75) is 25.0 Å². The van der Waals surface area contributed by atoms with E-state index < -0.39 is 23.5 Å². The highest BCUT2D eigenvalue weighted by Gasteiger charge is 2.47. The van der Waals surface area contributed by atoms with E-state index in [1.54, 1.807) is 42.5 Å². The Morgan fingerprint density at radius 2 is 1.82 bits per heavy atom. The van der Waals surface area contributed by atoms with Crippen LogP contribution in [-0.2, 0) is 14.3 Å². The summed E-state index contributed by atoms with van der Waals surface area (Å²) >= 11 is 0. The standard InChI is InChI=1S/C22H20FNO4/c23-17-11-5-4-10-16(17)19-18(20(25)14-7-2-1-3-8-14)21(26)22(27)24(19)13-15-9-6-12-28-15/h1-5,7-8,10-11,15,19,25H,6,9,12-13H2. The van der Waals surface area contributed by atoms with E-state index in [2.05, 4.69) is 0 Å². The first-order valence-electron chi connectivity index (χ1n) is 9.28. The molecule has 6 heteroatoms. The van der Waals surface area contributed by atoms with E-state index in [4.69, 9.17) is 4.74 Å². The van der Waals surface area contributed by atoms with Crippen LogP contribution < -0.4 is 0 Å². The molecular weight excluding hydrogens is 361 g/mol. The van der Waals surface area contributed by atoms with Crippen molar-refractivity contribution in [3.8, 4) is 0 Å². The minimum atomic E-state index is -0.995. The van der Waals surface area contributed by atoms with Crippen molar-refractivity contribution in [2.75, 3.05) is 13.2 Å². The molecule has 0 bridgehead atoms. The number of hydrogen-bond donors (Lipinski definition) is 1. The molecule has 1 N–H and O–H groups in total. The number of likely N-dealkylation sites (tertiary alicyclic amines) is 1. The summed E-state index contributed by atoms with van der Waals surface area (Å²) in [5.41, 5.74) is 0.482. The van der Waals surface area contributed by atoms with Gasteiger partial charge in [0.15, 0.2) is 0 Å². The number of halogens is 1. The highest BCUT2D eigenvalue weighted by atomic mass is 19.1. The van der Waals surface area contributed by atoms with Crippen LogP contribution in [0.1, 0.15) is 30.0 Å². The number of carbonyl (C=O) groups excluding carboxylic acids is 2. The van der Waals surface area contributed by atoms with Crippen LogP contribution in [0.4, 0.5) is 4.39 Å². The maximum absolute atomic E-state index is 14.6. The summed E-state index contributed by atoms with van der Waals surface area (Å²) in [7, 11) is 0. The molecule has 144 valence electrons. The van der Waals surface area contributed by atoms with Gasteiger partial charge in [-0.05, 0) is 18.9 Å². The molecule has 0 aliphatic carbocycles. The number of aliphatic hydroxyl groups is 1. The van der Waals surface area contributed by atoms with E-state index in [0.717, 1.165) is 12.8 Å². The second kappa shape index (κ2) is 7.56. The van der Waals surface area contributed by atoms with Crippen LogP contribution in [-0.4, -0.2) is 41.0 Å². The van der Waals surface area contributed by atoms with E-state index in [-0.39, 0.29) is 29.5 Å². The van der Waals surface area contributed by atoms with Crippen molar-refractivity contribution < 1.29 is 23.8 Å². The molecule has 4 rings (SSSR count). The fraction of sp³-hybridized carbons (Fsp3) is 0.273. The molecule has 2 heterocycles. The SMILES string of the molecule is O=C1C(=O)N(CC2CCCO2)C(c2ccccc2F)C1=C(O)c1ccccc1. The van der Waals surface area contributed by atoms with Crippen LogP contribution in [0.15, 0.2) is 60.2 Å². The summed E-state index contributed by atoms with van der Waals surface area (Å²) in [5, 5.41) is 10.8. The fourth-order valence-electron chi connectivity index (χ4n) is 3.85. The van der Waals surface area contributed by atoms with Gasteiger partial charge in [0.25, 0.3) is 11.7 Å². The highest BCUT2D eigenvalue weighted by molar-refractivity contribution is 6.46. The lowest BCUT2D eigenvalue weighted by Gasteiger charge is -2.27. The van der Waals surface area contributed by atoms with Crippen LogP contribution in [0.3, 0.4) is 0 Å². The zero-order valence-corrected chi connectivity index (χ0v) is 15.2. The van der Waals surface area contributed by atoms with Gasteiger partial charge >= 0.3 is 0 Å². The number of ketones is 1. The van der Waals surface area contributed by atoms with E-state index >= 15 is 0 Å². The maximum Gasteiger partial charge on any atom is 0.295 e. The Balaban J connectivity index is 1.84. The number of rotatable bonds is 4. The van der Waals surface area contributed by atoms with E-state index in [9.17, 15) is 19.1 Å². The molecule has 0 radical (unpaired) electrons. The van der Waals surface area contributed by atoms with E-state index in [1.807, 2.05) is 0 Å². The van der Waals surface area contributed by atoms with Gasteiger partial charge in [-0.25, -0.2) is 4.39 Å². The molecule has 2 aliphatic rings. The van der Waals surface area contributed by atoms with Crippen LogP contribution in [0.5, 0.6) is 0 Å². The van der Waals surface area contributed by atoms with Crippen molar-refractivity contribution in [1.82, 2.24) is 4.90 Å². The highest BCUT2D eigenvalue weighted by Crippen LogP contribution is 2.40. The smallest absolute Gasteiger partial charge is 0.295 e. The second-order valence-corrected chi connectivity index (χ2v) is 6.97. The van der Waals surface area contributed by atoms with Gasteiger partial charge in [-0.1, -0.05) is 48.5 Å². The van der Waals surface area contributed by atoms with Crippen molar-refractivity contribution in [3.05, 3.63) is 77.1 Å². The average Bonchev–Trinajstić information content (AvgIpc) is 3.31. The Morgan fingerprint density at radius 1 is 1.11 bits per heavy atom. The quantitative estimate of drug-likeness (QED) is 0.501. The predicted molar refractivity (Wildman–Crippen MR) is 101 cm³/mol. The van der Waals surface area contributed by atoms with E-state index in [0.29, 0.717) is 12.2 Å². The van der Waals surface area contributed by atoms with Gasteiger partial charge < -0.3 is 14.7 Å². The third-order valence-electron chi connectivity index (χ3n) is 5.21. The van der Waals surface area contributed by atoms with E-state index in [1.165, 1.54) is 17.0 Å². The lowest BCUT2D eigenvalue weighted by atomic mass is 9.95. The normalized spacial score (nSPS) is 24.1. The Bertz CT molecular complexity index is 935. The first-order valence-corrected chi connectivity index (χ1v) is 9.28. The molecule has 0 aromatic heterocycles. The molecule has 2 aromatic rings. The largest absolute Gasteiger partial charge is 0.507 e. The Morgan fingerprint density at radius 3 is 2.50 bits per heavy atom. The Kier molecular flexibility index (Phi) is 4.96. The first-order chi connectivity index (χ1) is 13.6. The lowest BCUT2D eigenvalue weighted by Crippen LogP contribution is -2.36. The van der Waals surface area contributed by atoms with Crippen LogP contribution in [0.2, 0.25) is 0 Å². The molecule has 5 nitrogen and oxygen atoms in total. The average molecular weight is 381 g/mol. The maximum atomic E-state index is 14.6. The third-order valence-corrected chi connectivity index (χ3v) is 5.21. The molecule has 2 fully saturated rings. The minimum absolute atomic E-state index is 0.0979.